The quantitative estimate of drug-likeness (QED) is 0.725. The van der Waals surface area contributed by atoms with Gasteiger partial charge in [0.25, 0.3) is 5.24 Å². The number of thioether (sulfide) groups is 1. The molecule has 0 saturated carbocycles. The summed E-state index contributed by atoms with van der Waals surface area (Å²) in [6, 6.07) is 15.2. The fourth-order valence-electron chi connectivity index (χ4n) is 1.97. The Morgan fingerprint density at radius 1 is 1.08 bits per heavy atom. The number of rotatable bonds is 5. The van der Waals surface area contributed by atoms with Crippen LogP contribution in [0.4, 0.5) is 10.5 Å². The fraction of sp³-hybridized carbons (Fsp3) is 0.222. The predicted octanol–water partition coefficient (Wildman–Crippen LogP) is 4.79. The van der Waals surface area contributed by atoms with Crippen molar-refractivity contribution in [3.8, 4) is 0 Å². The molecular formula is C18H19BrN2O2S. The van der Waals surface area contributed by atoms with E-state index in [9.17, 15) is 9.59 Å². The highest BCUT2D eigenvalue weighted by Gasteiger charge is 2.08. The highest BCUT2D eigenvalue weighted by Crippen LogP contribution is 2.23. The largest absolute Gasteiger partial charge is 0.339 e. The standard InChI is InChI=1S/C18H19BrN2O2S/c1-21(2)18(23)24-15-10-8-14(9-11-15)20-17(22)12-7-13-5-3-4-6-16(13)19/h3-6,8-11H,7,12H2,1-2H3,(H,20,22). The smallest absolute Gasteiger partial charge is 0.285 e. The van der Waals surface area contributed by atoms with Gasteiger partial charge in [-0.1, -0.05) is 34.1 Å². The van der Waals surface area contributed by atoms with Gasteiger partial charge in [-0.25, -0.2) is 0 Å². The van der Waals surface area contributed by atoms with Crippen LogP contribution in [0.3, 0.4) is 0 Å². The molecule has 24 heavy (non-hydrogen) atoms. The van der Waals surface area contributed by atoms with Crippen LogP contribution in [0, 0.1) is 0 Å². The summed E-state index contributed by atoms with van der Waals surface area (Å²) >= 11 is 4.64. The van der Waals surface area contributed by atoms with Gasteiger partial charge in [-0.15, -0.1) is 0 Å². The molecule has 2 aromatic carbocycles. The first-order chi connectivity index (χ1) is 11.5. The lowest BCUT2D eigenvalue weighted by atomic mass is 10.1. The molecule has 0 atom stereocenters. The predicted molar refractivity (Wildman–Crippen MR) is 102 cm³/mol. The molecule has 1 N–H and O–H groups in total. The molecule has 0 unspecified atom stereocenters. The van der Waals surface area contributed by atoms with E-state index in [1.165, 1.54) is 4.90 Å². The van der Waals surface area contributed by atoms with Crippen LogP contribution in [0.2, 0.25) is 0 Å². The Balaban J connectivity index is 1.86. The van der Waals surface area contributed by atoms with Crippen molar-refractivity contribution >= 4 is 44.5 Å². The number of anilines is 1. The zero-order valence-electron chi connectivity index (χ0n) is 13.6. The summed E-state index contributed by atoms with van der Waals surface area (Å²) in [7, 11) is 3.43. The number of halogens is 1. The molecule has 0 radical (unpaired) electrons. The summed E-state index contributed by atoms with van der Waals surface area (Å²) in [5, 5.41) is 2.85. The van der Waals surface area contributed by atoms with E-state index < -0.39 is 0 Å². The summed E-state index contributed by atoms with van der Waals surface area (Å²) in [6.07, 6.45) is 1.09. The third-order valence-electron chi connectivity index (χ3n) is 3.29. The number of amides is 2. The van der Waals surface area contributed by atoms with E-state index in [1.54, 1.807) is 14.1 Å². The lowest BCUT2D eigenvalue weighted by molar-refractivity contribution is -0.116. The number of carbonyl (C=O) groups is 2. The first kappa shape index (κ1) is 18.5. The second-order valence-electron chi connectivity index (χ2n) is 5.43. The number of hydrogen-bond acceptors (Lipinski definition) is 3. The Kier molecular flexibility index (Phi) is 6.87. The van der Waals surface area contributed by atoms with Crippen LogP contribution in [0.1, 0.15) is 12.0 Å². The van der Waals surface area contributed by atoms with Gasteiger partial charge in [-0.2, -0.15) is 0 Å². The molecule has 0 spiro atoms. The lowest BCUT2D eigenvalue weighted by Crippen LogP contribution is -2.16. The molecule has 0 aliphatic rings. The Morgan fingerprint density at radius 3 is 2.38 bits per heavy atom. The molecule has 6 heteroatoms. The van der Waals surface area contributed by atoms with Crippen LogP contribution in [0.25, 0.3) is 0 Å². The summed E-state index contributed by atoms with van der Waals surface area (Å²) < 4.78 is 1.02. The number of benzene rings is 2. The molecule has 0 fully saturated rings. The number of nitrogens with one attached hydrogen (secondary N) is 1. The van der Waals surface area contributed by atoms with Crippen molar-refractivity contribution in [2.75, 3.05) is 19.4 Å². The minimum atomic E-state index is -0.0319. The van der Waals surface area contributed by atoms with Crippen molar-refractivity contribution < 1.29 is 9.59 Å². The minimum Gasteiger partial charge on any atom is -0.339 e. The average molecular weight is 407 g/mol. The van der Waals surface area contributed by atoms with Gasteiger partial charge in [-0.3, -0.25) is 9.59 Å². The van der Waals surface area contributed by atoms with Gasteiger partial charge in [0.15, 0.2) is 0 Å². The number of nitrogens with zero attached hydrogens (tertiary/aromatic N) is 1. The average Bonchev–Trinajstić information content (AvgIpc) is 2.56. The molecule has 2 aromatic rings. The molecule has 2 amide bonds. The van der Waals surface area contributed by atoms with Crippen molar-refractivity contribution in [1.29, 1.82) is 0 Å². The van der Waals surface area contributed by atoms with E-state index in [0.29, 0.717) is 12.8 Å². The zero-order valence-corrected chi connectivity index (χ0v) is 16.0. The molecule has 0 aromatic heterocycles. The van der Waals surface area contributed by atoms with Gasteiger partial charge in [0.05, 0.1) is 0 Å². The molecule has 0 aliphatic carbocycles. The first-order valence-electron chi connectivity index (χ1n) is 7.48. The van der Waals surface area contributed by atoms with Crippen LogP contribution < -0.4 is 5.32 Å². The molecule has 0 saturated heterocycles. The van der Waals surface area contributed by atoms with Gasteiger partial charge >= 0.3 is 0 Å². The van der Waals surface area contributed by atoms with E-state index in [4.69, 9.17) is 0 Å². The van der Waals surface area contributed by atoms with Crippen LogP contribution in [0.5, 0.6) is 0 Å². The Hall–Kier alpha value is -1.79. The molecule has 0 heterocycles. The van der Waals surface area contributed by atoms with E-state index in [1.807, 2.05) is 48.5 Å². The van der Waals surface area contributed by atoms with Crippen LogP contribution in [-0.2, 0) is 11.2 Å². The molecule has 2 rings (SSSR count). The SMILES string of the molecule is CN(C)C(=O)Sc1ccc(NC(=O)CCc2ccccc2Br)cc1. The summed E-state index contributed by atoms with van der Waals surface area (Å²) in [4.78, 5) is 26.1. The molecule has 0 bridgehead atoms. The van der Waals surface area contributed by atoms with E-state index >= 15 is 0 Å². The Labute approximate surface area is 154 Å². The number of aryl methyl sites for hydroxylation is 1. The molecule has 0 aliphatic heterocycles. The van der Waals surface area contributed by atoms with Gasteiger partial charge in [0, 0.05) is 35.6 Å². The van der Waals surface area contributed by atoms with E-state index in [0.717, 1.165) is 32.4 Å². The van der Waals surface area contributed by atoms with Gasteiger partial charge < -0.3 is 10.2 Å². The highest BCUT2D eigenvalue weighted by molar-refractivity contribution is 9.10. The van der Waals surface area contributed by atoms with Crippen molar-refractivity contribution in [3.05, 3.63) is 58.6 Å². The van der Waals surface area contributed by atoms with E-state index in [2.05, 4.69) is 21.2 Å². The van der Waals surface area contributed by atoms with Crippen molar-refractivity contribution in [1.82, 2.24) is 4.90 Å². The second kappa shape index (κ2) is 8.89. The number of carbonyl (C=O) groups excluding carboxylic acids is 2. The van der Waals surface area contributed by atoms with Gasteiger partial charge in [0.1, 0.15) is 0 Å². The minimum absolute atomic E-state index is 0.0276. The van der Waals surface area contributed by atoms with Crippen LogP contribution >= 0.6 is 27.7 Å². The summed E-state index contributed by atoms with van der Waals surface area (Å²) in [5.41, 5.74) is 1.84. The second-order valence-corrected chi connectivity index (χ2v) is 7.31. The summed E-state index contributed by atoms with van der Waals surface area (Å²) in [6.45, 7) is 0. The fourth-order valence-corrected chi connectivity index (χ4v) is 3.11. The molecular weight excluding hydrogens is 388 g/mol. The normalized spacial score (nSPS) is 10.3. The molecule has 4 nitrogen and oxygen atoms in total. The monoisotopic (exact) mass is 406 g/mol. The zero-order chi connectivity index (χ0) is 17.5. The molecule has 126 valence electrons. The van der Waals surface area contributed by atoms with Crippen molar-refractivity contribution in [2.24, 2.45) is 0 Å². The topological polar surface area (TPSA) is 49.4 Å². The maximum atomic E-state index is 12.1. The summed E-state index contributed by atoms with van der Waals surface area (Å²) in [5.74, 6) is -0.0319. The van der Waals surface area contributed by atoms with Crippen LogP contribution in [0.15, 0.2) is 57.9 Å². The third kappa shape index (κ3) is 5.69. The Morgan fingerprint density at radius 2 is 1.75 bits per heavy atom. The van der Waals surface area contributed by atoms with E-state index in [-0.39, 0.29) is 11.1 Å². The Bertz CT molecular complexity index is 717. The van der Waals surface area contributed by atoms with Crippen molar-refractivity contribution in [2.45, 2.75) is 17.7 Å². The lowest BCUT2D eigenvalue weighted by Gasteiger charge is -2.10. The van der Waals surface area contributed by atoms with Crippen molar-refractivity contribution in [3.63, 3.8) is 0 Å². The van der Waals surface area contributed by atoms with Gasteiger partial charge in [0.2, 0.25) is 5.91 Å². The highest BCUT2D eigenvalue weighted by atomic mass is 79.9. The number of hydrogen-bond donors (Lipinski definition) is 1. The van der Waals surface area contributed by atoms with Gasteiger partial charge in [-0.05, 0) is 54.1 Å². The first-order valence-corrected chi connectivity index (χ1v) is 9.09. The third-order valence-corrected chi connectivity index (χ3v) is 5.11. The van der Waals surface area contributed by atoms with Crippen LogP contribution in [-0.4, -0.2) is 30.1 Å². The maximum absolute atomic E-state index is 12.1. The maximum Gasteiger partial charge on any atom is 0.285 e.